The van der Waals surface area contributed by atoms with Gasteiger partial charge in [0.05, 0.1) is 5.69 Å². The number of fused-ring (bicyclic) bond motifs is 1. The van der Waals surface area contributed by atoms with Crippen molar-refractivity contribution in [1.82, 2.24) is 9.78 Å². The molecule has 0 saturated carbocycles. The SMILES string of the molecule is CC(C)(C(=O)Nc1cccc2ccccc12)n1nc(-c2ccc(F)cc2)ccc1=O. The Bertz CT molecular complexity index is 1290. The van der Waals surface area contributed by atoms with Gasteiger partial charge in [-0.2, -0.15) is 5.10 Å². The van der Waals surface area contributed by atoms with Gasteiger partial charge in [0.2, 0.25) is 0 Å². The molecule has 3 aromatic carbocycles. The van der Waals surface area contributed by atoms with Crippen LogP contribution in [0.25, 0.3) is 22.0 Å². The first-order valence-corrected chi connectivity index (χ1v) is 9.52. The van der Waals surface area contributed by atoms with E-state index in [4.69, 9.17) is 0 Å². The summed E-state index contributed by atoms with van der Waals surface area (Å²) in [5, 5.41) is 9.23. The lowest BCUT2D eigenvalue weighted by Crippen LogP contribution is -2.47. The molecule has 1 amide bonds. The first-order valence-electron chi connectivity index (χ1n) is 9.52. The summed E-state index contributed by atoms with van der Waals surface area (Å²) in [5.74, 6) is -0.730. The third-order valence-corrected chi connectivity index (χ3v) is 5.06. The maximum absolute atomic E-state index is 13.2. The van der Waals surface area contributed by atoms with Crippen LogP contribution in [0.3, 0.4) is 0 Å². The van der Waals surface area contributed by atoms with Crippen LogP contribution >= 0.6 is 0 Å². The van der Waals surface area contributed by atoms with E-state index in [2.05, 4.69) is 10.4 Å². The van der Waals surface area contributed by atoms with Crippen molar-refractivity contribution in [3.05, 3.63) is 95.0 Å². The van der Waals surface area contributed by atoms with E-state index in [1.165, 1.54) is 18.2 Å². The monoisotopic (exact) mass is 401 g/mol. The minimum absolute atomic E-state index is 0.359. The summed E-state index contributed by atoms with van der Waals surface area (Å²) < 4.78 is 14.4. The molecule has 0 radical (unpaired) electrons. The van der Waals surface area contributed by atoms with E-state index in [9.17, 15) is 14.0 Å². The van der Waals surface area contributed by atoms with Crippen molar-refractivity contribution in [2.75, 3.05) is 5.32 Å². The molecule has 0 aliphatic rings. The van der Waals surface area contributed by atoms with Crippen LogP contribution in [0.1, 0.15) is 13.8 Å². The highest BCUT2D eigenvalue weighted by Crippen LogP contribution is 2.25. The predicted octanol–water partition coefficient (Wildman–Crippen LogP) is 4.58. The van der Waals surface area contributed by atoms with E-state index in [0.717, 1.165) is 15.5 Å². The molecule has 0 unspecified atom stereocenters. The highest BCUT2D eigenvalue weighted by atomic mass is 19.1. The maximum Gasteiger partial charge on any atom is 0.267 e. The lowest BCUT2D eigenvalue weighted by atomic mass is 10.0. The number of nitrogens with zero attached hydrogens (tertiary/aromatic N) is 2. The van der Waals surface area contributed by atoms with Crippen molar-refractivity contribution in [3.8, 4) is 11.3 Å². The van der Waals surface area contributed by atoms with Gasteiger partial charge in [0.25, 0.3) is 11.5 Å². The smallest absolute Gasteiger partial charge is 0.267 e. The van der Waals surface area contributed by atoms with Gasteiger partial charge in [-0.1, -0.05) is 36.4 Å². The van der Waals surface area contributed by atoms with Gasteiger partial charge in [0.1, 0.15) is 11.4 Å². The molecule has 0 fully saturated rings. The van der Waals surface area contributed by atoms with E-state index >= 15 is 0 Å². The van der Waals surface area contributed by atoms with Crippen LogP contribution in [-0.2, 0) is 10.3 Å². The fourth-order valence-electron chi connectivity index (χ4n) is 3.29. The number of hydrogen-bond acceptors (Lipinski definition) is 3. The van der Waals surface area contributed by atoms with Gasteiger partial charge in [0.15, 0.2) is 0 Å². The Morgan fingerprint density at radius 3 is 2.40 bits per heavy atom. The van der Waals surface area contributed by atoms with E-state index in [1.54, 1.807) is 32.0 Å². The second kappa shape index (κ2) is 7.55. The molecule has 4 rings (SSSR count). The highest BCUT2D eigenvalue weighted by molar-refractivity contribution is 6.04. The standard InChI is InChI=1S/C24H20FN3O2/c1-24(2,23(30)26-21-9-5-7-16-6-3-4-8-19(16)21)28-22(29)15-14-20(27-28)17-10-12-18(25)13-11-17/h3-15H,1-2H3,(H,26,30). The molecule has 0 aliphatic carbocycles. The number of benzene rings is 3. The number of rotatable bonds is 4. The van der Waals surface area contributed by atoms with Crippen molar-refractivity contribution >= 4 is 22.4 Å². The molecule has 0 aliphatic heterocycles. The molecule has 0 spiro atoms. The minimum atomic E-state index is -1.26. The van der Waals surface area contributed by atoms with Crippen LogP contribution in [0.15, 0.2) is 83.7 Å². The molecule has 0 saturated heterocycles. The number of amides is 1. The van der Waals surface area contributed by atoms with Gasteiger partial charge < -0.3 is 5.32 Å². The minimum Gasteiger partial charge on any atom is -0.323 e. The molecule has 6 heteroatoms. The molecule has 150 valence electrons. The zero-order valence-electron chi connectivity index (χ0n) is 16.6. The fraction of sp³-hybridized carbons (Fsp3) is 0.125. The molecule has 30 heavy (non-hydrogen) atoms. The van der Waals surface area contributed by atoms with E-state index in [1.807, 2.05) is 42.5 Å². The fourth-order valence-corrected chi connectivity index (χ4v) is 3.29. The highest BCUT2D eigenvalue weighted by Gasteiger charge is 2.32. The lowest BCUT2D eigenvalue weighted by Gasteiger charge is -2.25. The summed E-state index contributed by atoms with van der Waals surface area (Å²) in [4.78, 5) is 25.7. The summed E-state index contributed by atoms with van der Waals surface area (Å²) in [6.45, 7) is 3.27. The number of hydrogen-bond donors (Lipinski definition) is 1. The summed E-state index contributed by atoms with van der Waals surface area (Å²) in [6, 6.07) is 22.1. The molecule has 1 N–H and O–H groups in total. The van der Waals surface area contributed by atoms with Gasteiger partial charge in [-0.3, -0.25) is 9.59 Å². The largest absolute Gasteiger partial charge is 0.323 e. The summed E-state index contributed by atoms with van der Waals surface area (Å²) >= 11 is 0. The topological polar surface area (TPSA) is 64.0 Å². The molecular weight excluding hydrogens is 381 g/mol. The van der Waals surface area contributed by atoms with Crippen LogP contribution in [0.4, 0.5) is 10.1 Å². The van der Waals surface area contributed by atoms with Gasteiger partial charge in [0, 0.05) is 22.7 Å². The number of aromatic nitrogens is 2. The Balaban J connectivity index is 1.70. The van der Waals surface area contributed by atoms with Crippen LogP contribution in [-0.4, -0.2) is 15.7 Å². The second-order valence-corrected chi connectivity index (χ2v) is 7.52. The summed E-state index contributed by atoms with van der Waals surface area (Å²) in [5.41, 5.74) is 0.119. The Kier molecular flexibility index (Phi) is 4.91. The number of anilines is 1. The Morgan fingerprint density at radius 2 is 1.63 bits per heavy atom. The van der Waals surface area contributed by atoms with Crippen molar-refractivity contribution in [3.63, 3.8) is 0 Å². The van der Waals surface area contributed by atoms with Crippen LogP contribution < -0.4 is 10.9 Å². The zero-order valence-corrected chi connectivity index (χ0v) is 16.6. The Labute approximate surface area is 172 Å². The van der Waals surface area contributed by atoms with Crippen LogP contribution in [0.5, 0.6) is 0 Å². The molecule has 5 nitrogen and oxygen atoms in total. The molecule has 1 heterocycles. The average Bonchev–Trinajstić information content (AvgIpc) is 2.75. The van der Waals surface area contributed by atoms with Crippen molar-refractivity contribution < 1.29 is 9.18 Å². The molecule has 0 atom stereocenters. The van der Waals surface area contributed by atoms with Crippen molar-refractivity contribution in [2.45, 2.75) is 19.4 Å². The Hall–Kier alpha value is -3.80. The normalized spacial score (nSPS) is 11.4. The summed E-state index contributed by atoms with van der Waals surface area (Å²) in [6.07, 6.45) is 0. The average molecular weight is 401 g/mol. The van der Waals surface area contributed by atoms with Crippen molar-refractivity contribution in [1.29, 1.82) is 0 Å². The van der Waals surface area contributed by atoms with Gasteiger partial charge >= 0.3 is 0 Å². The van der Waals surface area contributed by atoms with E-state index in [0.29, 0.717) is 16.9 Å². The van der Waals surface area contributed by atoms with Gasteiger partial charge in [-0.05, 0) is 55.6 Å². The molecular formula is C24H20FN3O2. The number of carbonyl (C=O) groups excluding carboxylic acids is 1. The van der Waals surface area contributed by atoms with E-state index in [-0.39, 0.29) is 11.7 Å². The third kappa shape index (κ3) is 3.59. The number of halogens is 1. The molecule has 4 aromatic rings. The maximum atomic E-state index is 13.2. The van der Waals surface area contributed by atoms with Crippen molar-refractivity contribution in [2.24, 2.45) is 0 Å². The van der Waals surface area contributed by atoms with Gasteiger partial charge in [-0.25, -0.2) is 9.07 Å². The quantitative estimate of drug-likeness (QED) is 0.545. The number of carbonyl (C=O) groups is 1. The van der Waals surface area contributed by atoms with E-state index < -0.39 is 11.1 Å². The molecule has 1 aromatic heterocycles. The van der Waals surface area contributed by atoms with Crippen LogP contribution in [0, 0.1) is 5.82 Å². The zero-order chi connectivity index (χ0) is 21.3. The Morgan fingerprint density at radius 1 is 0.933 bits per heavy atom. The van der Waals surface area contributed by atoms with Crippen LogP contribution in [0.2, 0.25) is 0 Å². The van der Waals surface area contributed by atoms with Gasteiger partial charge in [-0.15, -0.1) is 0 Å². The predicted molar refractivity (Wildman–Crippen MR) is 116 cm³/mol. The summed E-state index contributed by atoms with van der Waals surface area (Å²) in [7, 11) is 0. The first kappa shape index (κ1) is 19.5. The molecule has 0 bridgehead atoms. The second-order valence-electron chi connectivity index (χ2n) is 7.52. The first-order chi connectivity index (χ1) is 14.4. The lowest BCUT2D eigenvalue weighted by molar-refractivity contribution is -0.123. The number of nitrogens with one attached hydrogen (secondary N) is 1. The third-order valence-electron chi connectivity index (χ3n) is 5.06.